The number of carbonyl (C=O) groups excluding carboxylic acids is 3. The Labute approximate surface area is 262 Å². The molecule has 0 aromatic rings. The number of rotatable bonds is 12. The van der Waals surface area contributed by atoms with Crippen molar-refractivity contribution in [2.45, 2.75) is 133 Å². The molecule has 3 heterocycles. The lowest BCUT2D eigenvalue weighted by atomic mass is 9.53. The largest absolute Gasteiger partial charge is 0.464 e. The third-order valence-electron chi connectivity index (χ3n) is 12.0. The quantitative estimate of drug-likeness (QED) is 0.132. The van der Waals surface area contributed by atoms with Gasteiger partial charge in [-0.3, -0.25) is 14.4 Å². The first-order chi connectivity index (χ1) is 21.1. The Balaban J connectivity index is 0.998. The molecule has 7 rings (SSSR count). The molecule has 2 amide bonds. The molecule has 7 fully saturated rings. The SMILES string of the molecule is CO[C@@H]1[C@H](NC(=O)C23CCC(C(=O)NCCCOC(=O)C4CCCN4)(CC2)CC3)CC[C@]2(CO2)[C@H]1[C@@]1(C)O[C@@H]1CC=C(C)C. The fourth-order valence-corrected chi connectivity index (χ4v) is 8.95. The van der Waals surface area contributed by atoms with Crippen LogP contribution in [0.15, 0.2) is 11.6 Å². The second-order valence-electron chi connectivity index (χ2n) is 14.9. The smallest absolute Gasteiger partial charge is 0.323 e. The summed E-state index contributed by atoms with van der Waals surface area (Å²) in [6.45, 7) is 8.79. The lowest BCUT2D eigenvalue weighted by molar-refractivity contribution is -0.153. The zero-order chi connectivity index (χ0) is 31.2. The van der Waals surface area contributed by atoms with Gasteiger partial charge in [-0.1, -0.05) is 11.6 Å². The molecule has 0 radical (unpaired) electrons. The first-order valence-electron chi connectivity index (χ1n) is 17.0. The van der Waals surface area contributed by atoms with Gasteiger partial charge in [0.05, 0.1) is 37.1 Å². The summed E-state index contributed by atoms with van der Waals surface area (Å²) in [5, 5.41) is 9.70. The van der Waals surface area contributed by atoms with Crippen molar-refractivity contribution in [2.24, 2.45) is 16.7 Å². The van der Waals surface area contributed by atoms with Crippen LogP contribution < -0.4 is 16.0 Å². The van der Waals surface area contributed by atoms with E-state index in [9.17, 15) is 14.4 Å². The van der Waals surface area contributed by atoms with E-state index in [1.807, 2.05) is 0 Å². The number of allylic oxidation sites excluding steroid dienone is 1. The summed E-state index contributed by atoms with van der Waals surface area (Å²) in [6, 6.07) is -0.281. The fraction of sp³-hybridized carbons (Fsp3) is 0.853. The molecule has 1 spiro atoms. The van der Waals surface area contributed by atoms with Gasteiger partial charge in [-0.05, 0) is 104 Å². The molecule has 246 valence electrons. The molecule has 3 saturated heterocycles. The van der Waals surface area contributed by atoms with Crippen LogP contribution >= 0.6 is 0 Å². The van der Waals surface area contributed by atoms with Gasteiger partial charge in [-0.25, -0.2) is 0 Å². The number of hydrogen-bond acceptors (Lipinski definition) is 8. The average molecular weight is 616 g/mol. The van der Waals surface area contributed by atoms with Gasteiger partial charge in [0.2, 0.25) is 11.8 Å². The molecule has 10 heteroatoms. The Morgan fingerprint density at radius 1 is 1.00 bits per heavy atom. The zero-order valence-electron chi connectivity index (χ0n) is 27.1. The number of epoxide rings is 2. The number of amides is 2. The van der Waals surface area contributed by atoms with Gasteiger partial charge in [0, 0.05) is 30.4 Å². The second-order valence-corrected chi connectivity index (χ2v) is 14.9. The number of ether oxygens (including phenoxy) is 4. The average Bonchev–Trinajstić information content (AvgIpc) is 3.86. The highest BCUT2D eigenvalue weighted by molar-refractivity contribution is 5.87. The maximum atomic E-state index is 14.0. The van der Waals surface area contributed by atoms with Crippen LogP contribution in [0.3, 0.4) is 0 Å². The zero-order valence-corrected chi connectivity index (χ0v) is 27.1. The molecule has 2 bridgehead atoms. The maximum Gasteiger partial charge on any atom is 0.323 e. The number of carbonyl (C=O) groups is 3. The van der Waals surface area contributed by atoms with E-state index < -0.39 is 10.8 Å². The monoisotopic (exact) mass is 615 g/mol. The number of hydrogen-bond donors (Lipinski definition) is 3. The normalized spacial score (nSPS) is 42.0. The minimum atomic E-state index is -0.421. The van der Waals surface area contributed by atoms with Crippen molar-refractivity contribution in [2.75, 3.05) is 33.4 Å². The van der Waals surface area contributed by atoms with Gasteiger partial charge >= 0.3 is 5.97 Å². The van der Waals surface area contributed by atoms with Gasteiger partial charge in [-0.2, -0.15) is 0 Å². The van der Waals surface area contributed by atoms with Crippen molar-refractivity contribution in [3.05, 3.63) is 11.6 Å². The molecule has 0 aromatic heterocycles. The summed E-state index contributed by atoms with van der Waals surface area (Å²) < 4.78 is 24.0. The molecule has 4 saturated carbocycles. The van der Waals surface area contributed by atoms with Crippen LogP contribution in [-0.2, 0) is 33.3 Å². The van der Waals surface area contributed by atoms with Crippen molar-refractivity contribution in [1.29, 1.82) is 0 Å². The Morgan fingerprint density at radius 2 is 1.68 bits per heavy atom. The van der Waals surface area contributed by atoms with E-state index in [-0.39, 0.29) is 59.2 Å². The van der Waals surface area contributed by atoms with Crippen LogP contribution in [0, 0.1) is 16.7 Å². The summed E-state index contributed by atoms with van der Waals surface area (Å²) in [6.07, 6.45) is 11.6. The molecule has 0 aromatic carbocycles. The highest BCUT2D eigenvalue weighted by atomic mass is 16.6. The topological polar surface area (TPSA) is 131 Å². The Morgan fingerprint density at radius 3 is 2.27 bits per heavy atom. The number of nitrogens with one attached hydrogen (secondary N) is 3. The lowest BCUT2D eigenvalue weighted by Crippen LogP contribution is -2.62. The maximum absolute atomic E-state index is 14.0. The van der Waals surface area contributed by atoms with E-state index in [2.05, 4.69) is 42.8 Å². The molecular weight excluding hydrogens is 562 g/mol. The number of esters is 1. The van der Waals surface area contributed by atoms with E-state index >= 15 is 0 Å². The molecule has 1 unspecified atom stereocenters. The van der Waals surface area contributed by atoms with E-state index in [0.29, 0.717) is 19.6 Å². The standard InChI is InChI=1S/C34H53N3O7/c1-22(2)8-9-25-31(3,44-25)27-26(41-4)23(10-11-34(27)21-43-34)37-30(40)33-15-12-32(13-16-33,14-17-33)29(39)36-19-6-20-42-28(38)24-7-5-18-35-24/h8,23-27,35H,5-7,9-21H2,1-4H3,(H,36,39)(H,37,40)/t23-,24?,25-,26-,27-,31+,32?,33?,34+/m1/s1. The Kier molecular flexibility index (Phi) is 8.93. The molecule has 7 atom stereocenters. The summed E-state index contributed by atoms with van der Waals surface area (Å²) in [5.41, 5.74) is -0.0806. The number of fused-ring (bicyclic) bond motifs is 3. The third kappa shape index (κ3) is 5.96. The predicted octanol–water partition coefficient (Wildman–Crippen LogP) is 3.32. The Bertz CT molecular complexity index is 1120. The van der Waals surface area contributed by atoms with Crippen LogP contribution in [-0.4, -0.2) is 86.7 Å². The van der Waals surface area contributed by atoms with Crippen molar-refractivity contribution in [1.82, 2.24) is 16.0 Å². The molecule has 10 nitrogen and oxygen atoms in total. The van der Waals surface area contributed by atoms with Gasteiger partial charge in [-0.15, -0.1) is 0 Å². The summed E-state index contributed by atoms with van der Waals surface area (Å²) >= 11 is 0. The van der Waals surface area contributed by atoms with Gasteiger partial charge in [0.1, 0.15) is 11.6 Å². The van der Waals surface area contributed by atoms with Crippen molar-refractivity contribution in [3.63, 3.8) is 0 Å². The van der Waals surface area contributed by atoms with Crippen molar-refractivity contribution < 1.29 is 33.3 Å². The van der Waals surface area contributed by atoms with Crippen molar-refractivity contribution in [3.8, 4) is 0 Å². The lowest BCUT2D eigenvalue weighted by Gasteiger charge is -2.52. The van der Waals surface area contributed by atoms with Crippen LogP contribution in [0.5, 0.6) is 0 Å². The van der Waals surface area contributed by atoms with E-state index in [0.717, 1.165) is 83.8 Å². The van der Waals surface area contributed by atoms with Crippen LogP contribution in [0.4, 0.5) is 0 Å². The summed E-state index contributed by atoms with van der Waals surface area (Å²) in [7, 11) is 1.75. The number of methoxy groups -OCH3 is 1. The summed E-state index contributed by atoms with van der Waals surface area (Å²) in [4.78, 5) is 39.3. The molecular formula is C34H53N3O7. The van der Waals surface area contributed by atoms with Crippen molar-refractivity contribution >= 4 is 17.8 Å². The molecule has 7 aliphatic rings. The van der Waals surface area contributed by atoms with Gasteiger partial charge < -0.3 is 34.9 Å². The minimum Gasteiger partial charge on any atom is -0.464 e. The molecule has 3 aliphatic heterocycles. The summed E-state index contributed by atoms with van der Waals surface area (Å²) in [5.74, 6) is 0.0659. The Hall–Kier alpha value is -2.01. The first-order valence-corrected chi connectivity index (χ1v) is 17.0. The van der Waals surface area contributed by atoms with Crippen LogP contribution in [0.25, 0.3) is 0 Å². The van der Waals surface area contributed by atoms with E-state index in [4.69, 9.17) is 18.9 Å². The van der Waals surface area contributed by atoms with Crippen LogP contribution in [0.2, 0.25) is 0 Å². The highest BCUT2D eigenvalue weighted by Crippen LogP contribution is 2.60. The van der Waals surface area contributed by atoms with Gasteiger partial charge in [0.25, 0.3) is 0 Å². The highest BCUT2D eigenvalue weighted by Gasteiger charge is 2.72. The second kappa shape index (κ2) is 12.3. The third-order valence-corrected chi connectivity index (χ3v) is 12.0. The molecule has 44 heavy (non-hydrogen) atoms. The van der Waals surface area contributed by atoms with E-state index in [1.165, 1.54) is 5.57 Å². The molecule has 4 aliphatic carbocycles. The van der Waals surface area contributed by atoms with Gasteiger partial charge in [0.15, 0.2) is 0 Å². The minimum absolute atomic E-state index is 0.0593. The predicted molar refractivity (Wildman–Crippen MR) is 164 cm³/mol. The van der Waals surface area contributed by atoms with Crippen LogP contribution in [0.1, 0.15) is 97.8 Å². The fourth-order valence-electron chi connectivity index (χ4n) is 8.95. The first kappa shape index (κ1) is 32.0. The molecule has 3 N–H and O–H groups in total. The van der Waals surface area contributed by atoms with E-state index in [1.54, 1.807) is 7.11 Å².